The first-order valence-electron chi connectivity index (χ1n) is 7.49. The summed E-state index contributed by atoms with van der Waals surface area (Å²) in [5.41, 5.74) is 1.71. The van der Waals surface area contributed by atoms with Gasteiger partial charge in [0.15, 0.2) is 0 Å². The average Bonchev–Trinajstić information content (AvgIpc) is 2.45. The fraction of sp³-hybridized carbons (Fsp3) is 0.278. The summed E-state index contributed by atoms with van der Waals surface area (Å²) in [5, 5.41) is 5.35. The molecule has 0 aliphatic carbocycles. The number of hydrogen-bond donors (Lipinski definition) is 2. The molecular formula is C18H19F3N2O. The van der Waals surface area contributed by atoms with Crippen molar-refractivity contribution in [2.24, 2.45) is 0 Å². The number of carbonyl (C=O) groups excluding carboxylic acids is 1. The van der Waals surface area contributed by atoms with Crippen LogP contribution in [0.2, 0.25) is 0 Å². The lowest BCUT2D eigenvalue weighted by Crippen LogP contribution is -2.32. The molecule has 24 heavy (non-hydrogen) atoms. The molecule has 0 aromatic heterocycles. The summed E-state index contributed by atoms with van der Waals surface area (Å²) >= 11 is 0. The number of anilines is 2. The molecule has 2 aromatic carbocycles. The third-order valence-corrected chi connectivity index (χ3v) is 3.49. The van der Waals surface area contributed by atoms with Crippen molar-refractivity contribution in [1.82, 2.24) is 0 Å². The highest BCUT2D eigenvalue weighted by molar-refractivity contribution is 5.97. The molecule has 0 bridgehead atoms. The van der Waals surface area contributed by atoms with Gasteiger partial charge in [-0.1, -0.05) is 18.2 Å². The van der Waals surface area contributed by atoms with Crippen LogP contribution >= 0.6 is 0 Å². The third-order valence-electron chi connectivity index (χ3n) is 3.49. The van der Waals surface area contributed by atoms with Crippen LogP contribution in [0.25, 0.3) is 0 Å². The number of benzene rings is 2. The molecule has 0 saturated heterocycles. The molecular weight excluding hydrogens is 317 g/mol. The van der Waals surface area contributed by atoms with Gasteiger partial charge in [-0.2, -0.15) is 13.2 Å². The summed E-state index contributed by atoms with van der Waals surface area (Å²) in [6.07, 6.45) is -4.52. The Labute approximate surface area is 138 Å². The average molecular weight is 336 g/mol. The lowest BCUT2D eigenvalue weighted by Gasteiger charge is -2.18. The number of amides is 1. The van der Waals surface area contributed by atoms with Crippen molar-refractivity contribution >= 4 is 17.3 Å². The molecule has 128 valence electrons. The zero-order chi connectivity index (χ0) is 17.9. The first-order valence-corrected chi connectivity index (χ1v) is 7.49. The smallest absolute Gasteiger partial charge is 0.374 e. The number of hydrogen-bond acceptors (Lipinski definition) is 2. The van der Waals surface area contributed by atoms with Crippen LogP contribution in [0, 0.1) is 13.8 Å². The van der Waals surface area contributed by atoms with Crippen molar-refractivity contribution in [2.45, 2.75) is 33.0 Å². The molecule has 1 unspecified atom stereocenters. The quantitative estimate of drug-likeness (QED) is 0.845. The van der Waals surface area contributed by atoms with E-state index in [0.717, 1.165) is 22.9 Å². The van der Waals surface area contributed by atoms with Gasteiger partial charge >= 0.3 is 6.18 Å². The van der Waals surface area contributed by atoms with E-state index in [1.807, 2.05) is 32.0 Å². The van der Waals surface area contributed by atoms with E-state index in [1.54, 1.807) is 6.92 Å². The molecule has 0 saturated carbocycles. The van der Waals surface area contributed by atoms with Crippen molar-refractivity contribution in [3.8, 4) is 0 Å². The van der Waals surface area contributed by atoms with Crippen LogP contribution in [0.3, 0.4) is 0 Å². The fourth-order valence-corrected chi connectivity index (χ4v) is 2.45. The summed E-state index contributed by atoms with van der Waals surface area (Å²) < 4.78 is 38.9. The van der Waals surface area contributed by atoms with Gasteiger partial charge in [0.05, 0.1) is 11.3 Å². The van der Waals surface area contributed by atoms with Crippen molar-refractivity contribution < 1.29 is 18.0 Å². The van der Waals surface area contributed by atoms with Crippen molar-refractivity contribution in [3.05, 3.63) is 59.2 Å². The predicted octanol–water partition coefficient (Wildman–Crippen LogP) is 4.76. The third kappa shape index (κ3) is 4.50. The molecule has 0 aliphatic rings. The van der Waals surface area contributed by atoms with Gasteiger partial charge in [0.25, 0.3) is 0 Å². The number of carbonyl (C=O) groups is 1. The first kappa shape index (κ1) is 17.8. The van der Waals surface area contributed by atoms with E-state index in [4.69, 9.17) is 0 Å². The topological polar surface area (TPSA) is 41.1 Å². The summed E-state index contributed by atoms with van der Waals surface area (Å²) in [6, 6.07) is 9.98. The van der Waals surface area contributed by atoms with Crippen LogP contribution < -0.4 is 10.6 Å². The number of para-hydroxylation sites is 1. The monoisotopic (exact) mass is 336 g/mol. The predicted molar refractivity (Wildman–Crippen MR) is 89.1 cm³/mol. The summed E-state index contributed by atoms with van der Waals surface area (Å²) in [4.78, 5) is 12.2. The maximum absolute atomic E-state index is 13.0. The molecule has 2 N–H and O–H groups in total. The molecule has 0 aliphatic heterocycles. The van der Waals surface area contributed by atoms with Gasteiger partial charge in [0.1, 0.15) is 6.04 Å². The molecule has 2 aromatic rings. The number of nitrogens with one attached hydrogen (secondary N) is 2. The normalized spacial score (nSPS) is 12.6. The van der Waals surface area contributed by atoms with Gasteiger partial charge < -0.3 is 10.6 Å². The highest BCUT2D eigenvalue weighted by Gasteiger charge is 2.33. The SMILES string of the molecule is Cc1cc(C)cc(NC(C)C(=O)Nc2ccccc2C(F)(F)F)c1. The molecule has 0 fully saturated rings. The van der Waals surface area contributed by atoms with Crippen LogP contribution in [-0.2, 0) is 11.0 Å². The Bertz CT molecular complexity index is 721. The largest absolute Gasteiger partial charge is 0.418 e. The van der Waals surface area contributed by atoms with Crippen molar-refractivity contribution in [3.63, 3.8) is 0 Å². The van der Waals surface area contributed by atoms with Gasteiger partial charge in [0, 0.05) is 5.69 Å². The van der Waals surface area contributed by atoms with Gasteiger partial charge in [-0.25, -0.2) is 0 Å². The second-order valence-corrected chi connectivity index (χ2v) is 5.78. The van der Waals surface area contributed by atoms with Gasteiger partial charge in [0.2, 0.25) is 5.91 Å². The molecule has 1 atom stereocenters. The van der Waals surface area contributed by atoms with Gasteiger partial charge in [-0.15, -0.1) is 0 Å². The maximum Gasteiger partial charge on any atom is 0.418 e. The van der Waals surface area contributed by atoms with Crippen molar-refractivity contribution in [1.29, 1.82) is 0 Å². The minimum Gasteiger partial charge on any atom is -0.374 e. The molecule has 2 rings (SSSR count). The molecule has 6 heteroatoms. The van der Waals surface area contributed by atoms with Crippen LogP contribution in [0.4, 0.5) is 24.5 Å². The van der Waals surface area contributed by atoms with Gasteiger partial charge in [-0.3, -0.25) is 4.79 Å². The summed E-state index contributed by atoms with van der Waals surface area (Å²) in [6.45, 7) is 5.47. The zero-order valence-corrected chi connectivity index (χ0v) is 13.7. The highest BCUT2D eigenvalue weighted by Crippen LogP contribution is 2.34. The molecule has 0 spiro atoms. The van der Waals surface area contributed by atoms with E-state index in [2.05, 4.69) is 10.6 Å². The van der Waals surface area contributed by atoms with E-state index in [0.29, 0.717) is 0 Å². The van der Waals surface area contributed by atoms with Crippen LogP contribution in [0.5, 0.6) is 0 Å². The molecule has 0 radical (unpaired) electrons. The zero-order valence-electron chi connectivity index (χ0n) is 13.7. The number of rotatable bonds is 4. The Morgan fingerprint density at radius 1 is 1.04 bits per heavy atom. The lowest BCUT2D eigenvalue weighted by atomic mass is 10.1. The Morgan fingerprint density at radius 2 is 1.62 bits per heavy atom. The molecule has 1 amide bonds. The Hall–Kier alpha value is -2.50. The van der Waals surface area contributed by atoms with Crippen LogP contribution in [-0.4, -0.2) is 11.9 Å². The van der Waals surface area contributed by atoms with E-state index >= 15 is 0 Å². The summed E-state index contributed by atoms with van der Waals surface area (Å²) in [7, 11) is 0. The fourth-order valence-electron chi connectivity index (χ4n) is 2.45. The minimum atomic E-state index is -4.52. The number of aryl methyl sites for hydroxylation is 2. The van der Waals surface area contributed by atoms with E-state index in [-0.39, 0.29) is 5.69 Å². The van der Waals surface area contributed by atoms with Crippen molar-refractivity contribution in [2.75, 3.05) is 10.6 Å². The standard InChI is InChI=1S/C18H19F3N2O/c1-11-8-12(2)10-14(9-11)22-13(3)17(24)23-16-7-5-4-6-15(16)18(19,20)21/h4-10,13,22H,1-3H3,(H,23,24). The summed E-state index contributed by atoms with van der Waals surface area (Å²) in [5.74, 6) is -0.536. The Morgan fingerprint density at radius 3 is 2.21 bits per heavy atom. The maximum atomic E-state index is 13.0. The van der Waals surface area contributed by atoms with Crippen LogP contribution in [0.15, 0.2) is 42.5 Å². The van der Waals surface area contributed by atoms with E-state index in [9.17, 15) is 18.0 Å². The van der Waals surface area contributed by atoms with E-state index < -0.39 is 23.7 Å². The minimum absolute atomic E-state index is 0.246. The second-order valence-electron chi connectivity index (χ2n) is 5.78. The highest BCUT2D eigenvalue weighted by atomic mass is 19.4. The second kappa shape index (κ2) is 6.95. The number of alkyl halides is 3. The Balaban J connectivity index is 2.12. The first-order chi connectivity index (χ1) is 11.2. The van der Waals surface area contributed by atoms with E-state index in [1.165, 1.54) is 18.2 Å². The Kier molecular flexibility index (Phi) is 5.17. The molecule has 0 heterocycles. The number of halogens is 3. The van der Waals surface area contributed by atoms with Crippen LogP contribution in [0.1, 0.15) is 23.6 Å². The molecule has 3 nitrogen and oxygen atoms in total. The van der Waals surface area contributed by atoms with Gasteiger partial charge in [-0.05, 0) is 56.2 Å². The lowest BCUT2D eigenvalue weighted by molar-refractivity contribution is -0.137.